The molecule has 3 aromatic rings. The quantitative estimate of drug-likeness (QED) is 0.786. The van der Waals surface area contributed by atoms with E-state index in [1.807, 2.05) is 0 Å². The van der Waals surface area contributed by atoms with E-state index < -0.39 is 11.7 Å². The van der Waals surface area contributed by atoms with Crippen LogP contribution in [0.2, 0.25) is 0 Å². The lowest BCUT2D eigenvalue weighted by Crippen LogP contribution is -2.16. The summed E-state index contributed by atoms with van der Waals surface area (Å²) in [7, 11) is 0. The highest BCUT2D eigenvalue weighted by atomic mass is 19.1. The number of carbonyl (C=O) groups is 1. The molecule has 2 aromatic heterocycles. The average molecular weight is 284 g/mol. The van der Waals surface area contributed by atoms with E-state index in [1.54, 1.807) is 18.3 Å². The molecule has 0 saturated heterocycles. The van der Waals surface area contributed by atoms with Crippen molar-refractivity contribution in [3.05, 3.63) is 60.4 Å². The Morgan fingerprint density at radius 1 is 1.29 bits per heavy atom. The van der Waals surface area contributed by atoms with Crippen LogP contribution >= 0.6 is 0 Å². The van der Waals surface area contributed by atoms with E-state index in [1.165, 1.54) is 29.3 Å². The molecule has 0 spiro atoms. The number of anilines is 1. The third kappa shape index (κ3) is 2.73. The zero-order chi connectivity index (χ0) is 14.7. The molecule has 1 N–H and O–H groups in total. The molecule has 1 amide bonds. The van der Waals surface area contributed by atoms with Crippen LogP contribution in [0.15, 0.2) is 49.1 Å². The molecule has 0 fully saturated rings. The van der Waals surface area contributed by atoms with E-state index in [0.717, 1.165) is 6.07 Å². The summed E-state index contributed by atoms with van der Waals surface area (Å²) in [5.74, 6) is -1.00. The maximum atomic E-state index is 13.4. The van der Waals surface area contributed by atoms with E-state index in [4.69, 9.17) is 0 Å². The smallest absolute Gasteiger partial charge is 0.258 e. The molecule has 3 rings (SSSR count). The first-order chi connectivity index (χ1) is 10.2. The second kappa shape index (κ2) is 5.45. The van der Waals surface area contributed by atoms with Crippen molar-refractivity contribution in [3.63, 3.8) is 0 Å². The summed E-state index contributed by atoms with van der Waals surface area (Å²) >= 11 is 0. The first-order valence-electron chi connectivity index (χ1n) is 5.98. The van der Waals surface area contributed by atoms with E-state index >= 15 is 0 Å². The molecule has 0 aliphatic rings. The Hall–Kier alpha value is -3.16. The molecule has 0 saturated carbocycles. The van der Waals surface area contributed by atoms with Crippen molar-refractivity contribution in [2.75, 3.05) is 5.32 Å². The zero-order valence-electron chi connectivity index (χ0n) is 10.6. The van der Waals surface area contributed by atoms with Gasteiger partial charge in [-0.2, -0.15) is 4.68 Å². The number of hydrogen-bond donors (Lipinski definition) is 1. The molecular weight excluding hydrogens is 275 g/mol. The molecule has 0 bridgehead atoms. The molecule has 0 atom stereocenters. The SMILES string of the molecule is O=C(Nc1cccnc1)c1cc(F)ccc1-n1cnnn1. The van der Waals surface area contributed by atoms with Gasteiger partial charge in [-0.05, 0) is 40.8 Å². The number of nitrogens with one attached hydrogen (secondary N) is 1. The predicted octanol–water partition coefficient (Wildman–Crippen LogP) is 1.45. The van der Waals surface area contributed by atoms with Gasteiger partial charge in [-0.1, -0.05) is 0 Å². The lowest BCUT2D eigenvalue weighted by molar-refractivity contribution is 0.102. The van der Waals surface area contributed by atoms with Crippen LogP contribution in [0, 0.1) is 5.82 Å². The van der Waals surface area contributed by atoms with Gasteiger partial charge in [-0.15, -0.1) is 5.10 Å². The average Bonchev–Trinajstić information content (AvgIpc) is 3.02. The van der Waals surface area contributed by atoms with Crippen molar-refractivity contribution in [1.82, 2.24) is 25.2 Å². The molecule has 2 heterocycles. The van der Waals surface area contributed by atoms with Crippen LogP contribution in [-0.2, 0) is 0 Å². The van der Waals surface area contributed by atoms with Crippen molar-refractivity contribution in [2.45, 2.75) is 0 Å². The van der Waals surface area contributed by atoms with Crippen molar-refractivity contribution >= 4 is 11.6 Å². The summed E-state index contributed by atoms with van der Waals surface area (Å²) in [5.41, 5.74) is 1.00. The van der Waals surface area contributed by atoms with Gasteiger partial charge >= 0.3 is 0 Å². The molecule has 1 aromatic carbocycles. The minimum absolute atomic E-state index is 0.117. The van der Waals surface area contributed by atoms with Gasteiger partial charge in [0.05, 0.1) is 23.1 Å². The fourth-order valence-corrected chi connectivity index (χ4v) is 1.80. The van der Waals surface area contributed by atoms with Crippen LogP contribution in [0.1, 0.15) is 10.4 Å². The lowest BCUT2D eigenvalue weighted by atomic mass is 10.1. The predicted molar refractivity (Wildman–Crippen MR) is 71.3 cm³/mol. The monoisotopic (exact) mass is 284 g/mol. The van der Waals surface area contributed by atoms with Crippen molar-refractivity contribution in [1.29, 1.82) is 0 Å². The molecule has 0 unspecified atom stereocenters. The second-order valence-electron chi connectivity index (χ2n) is 4.11. The normalized spacial score (nSPS) is 10.3. The molecule has 21 heavy (non-hydrogen) atoms. The summed E-state index contributed by atoms with van der Waals surface area (Å²) in [4.78, 5) is 16.2. The first-order valence-corrected chi connectivity index (χ1v) is 5.98. The molecule has 0 aliphatic carbocycles. The van der Waals surface area contributed by atoms with Crippen LogP contribution < -0.4 is 5.32 Å². The highest BCUT2D eigenvalue weighted by Crippen LogP contribution is 2.17. The topological polar surface area (TPSA) is 85.6 Å². The second-order valence-corrected chi connectivity index (χ2v) is 4.11. The summed E-state index contributed by atoms with van der Waals surface area (Å²) < 4.78 is 14.7. The Labute approximate surface area is 118 Å². The van der Waals surface area contributed by atoms with Gasteiger partial charge in [-0.3, -0.25) is 9.78 Å². The van der Waals surface area contributed by atoms with Gasteiger partial charge in [-0.25, -0.2) is 4.39 Å². The van der Waals surface area contributed by atoms with Gasteiger partial charge in [0.2, 0.25) is 0 Å². The third-order valence-electron chi connectivity index (χ3n) is 2.72. The molecule has 104 valence electrons. The maximum absolute atomic E-state index is 13.4. The van der Waals surface area contributed by atoms with Gasteiger partial charge < -0.3 is 5.32 Å². The standard InChI is InChI=1S/C13H9FN6O/c14-9-3-4-12(20-8-16-18-19-20)11(6-9)13(21)17-10-2-1-5-15-7-10/h1-8H,(H,17,21). The summed E-state index contributed by atoms with van der Waals surface area (Å²) in [6.07, 6.45) is 4.41. The summed E-state index contributed by atoms with van der Waals surface area (Å²) in [5, 5.41) is 13.3. The maximum Gasteiger partial charge on any atom is 0.258 e. The van der Waals surface area contributed by atoms with Crippen LogP contribution in [0.3, 0.4) is 0 Å². The Morgan fingerprint density at radius 3 is 2.90 bits per heavy atom. The number of tetrazole rings is 1. The van der Waals surface area contributed by atoms with Gasteiger partial charge in [0.1, 0.15) is 12.1 Å². The Kier molecular flexibility index (Phi) is 3.34. The number of pyridine rings is 1. The Morgan fingerprint density at radius 2 is 2.19 bits per heavy atom. The van der Waals surface area contributed by atoms with Crippen LogP contribution in [-0.4, -0.2) is 31.1 Å². The number of hydrogen-bond acceptors (Lipinski definition) is 5. The molecule has 7 nitrogen and oxygen atoms in total. The zero-order valence-corrected chi connectivity index (χ0v) is 10.6. The lowest BCUT2D eigenvalue weighted by Gasteiger charge is -2.09. The van der Waals surface area contributed by atoms with Crippen molar-refractivity contribution < 1.29 is 9.18 Å². The molecule has 0 aliphatic heterocycles. The van der Waals surface area contributed by atoms with Gasteiger partial charge in [0, 0.05) is 6.20 Å². The highest BCUT2D eigenvalue weighted by molar-refractivity contribution is 6.06. The molecule has 8 heteroatoms. The molecular formula is C13H9FN6O. The van der Waals surface area contributed by atoms with Crippen molar-refractivity contribution in [2.24, 2.45) is 0 Å². The Balaban J connectivity index is 1.97. The number of aromatic nitrogens is 5. The Bertz CT molecular complexity index is 760. The van der Waals surface area contributed by atoms with Crippen LogP contribution in [0.4, 0.5) is 10.1 Å². The van der Waals surface area contributed by atoms with Crippen molar-refractivity contribution in [3.8, 4) is 5.69 Å². The fourth-order valence-electron chi connectivity index (χ4n) is 1.80. The van der Waals surface area contributed by atoms with Crippen LogP contribution in [0.5, 0.6) is 0 Å². The summed E-state index contributed by atoms with van der Waals surface area (Å²) in [6, 6.07) is 7.16. The van der Waals surface area contributed by atoms with Gasteiger partial charge in [0.15, 0.2) is 0 Å². The highest BCUT2D eigenvalue weighted by Gasteiger charge is 2.15. The number of amides is 1. The number of rotatable bonds is 3. The number of nitrogens with zero attached hydrogens (tertiary/aromatic N) is 5. The minimum atomic E-state index is -0.525. The number of halogens is 1. The fraction of sp³-hybridized carbons (Fsp3) is 0. The minimum Gasteiger partial charge on any atom is -0.321 e. The number of carbonyl (C=O) groups excluding carboxylic acids is 1. The largest absolute Gasteiger partial charge is 0.321 e. The third-order valence-corrected chi connectivity index (χ3v) is 2.72. The van der Waals surface area contributed by atoms with E-state index in [2.05, 4.69) is 25.8 Å². The van der Waals surface area contributed by atoms with E-state index in [9.17, 15) is 9.18 Å². The summed E-state index contributed by atoms with van der Waals surface area (Å²) in [6.45, 7) is 0. The van der Waals surface area contributed by atoms with Crippen LogP contribution in [0.25, 0.3) is 5.69 Å². The first kappa shape index (κ1) is 12.9. The van der Waals surface area contributed by atoms with Gasteiger partial charge in [0.25, 0.3) is 5.91 Å². The van der Waals surface area contributed by atoms with E-state index in [0.29, 0.717) is 11.4 Å². The molecule has 0 radical (unpaired) electrons. The number of benzene rings is 1. The van der Waals surface area contributed by atoms with E-state index in [-0.39, 0.29) is 5.56 Å².